The zero-order chi connectivity index (χ0) is 15.5. The molecule has 0 bridgehead atoms. The third kappa shape index (κ3) is 2.96. The zero-order valence-corrected chi connectivity index (χ0v) is 13.6. The van der Waals surface area contributed by atoms with Crippen molar-refractivity contribution in [3.63, 3.8) is 0 Å². The van der Waals surface area contributed by atoms with E-state index in [9.17, 15) is 0 Å². The van der Waals surface area contributed by atoms with Gasteiger partial charge in [-0.15, -0.1) is 0 Å². The standard InChI is InChI=1S/C16H17N5S/c1-21(2)12-8-6-11(7-9-12)18-15-13-5-4-10-17-14(13)19-16(20-15)22-3/h4-10H,1-3H3,(H,17,18,19,20). The van der Waals surface area contributed by atoms with Crippen molar-refractivity contribution in [3.05, 3.63) is 42.6 Å². The number of anilines is 3. The number of aromatic nitrogens is 3. The van der Waals surface area contributed by atoms with Gasteiger partial charge in [0.25, 0.3) is 0 Å². The molecule has 22 heavy (non-hydrogen) atoms. The van der Waals surface area contributed by atoms with Crippen molar-refractivity contribution in [1.82, 2.24) is 15.0 Å². The molecule has 0 saturated carbocycles. The van der Waals surface area contributed by atoms with Gasteiger partial charge in [0.2, 0.25) is 0 Å². The van der Waals surface area contributed by atoms with Gasteiger partial charge in [-0.1, -0.05) is 11.8 Å². The maximum Gasteiger partial charge on any atom is 0.191 e. The molecule has 0 atom stereocenters. The van der Waals surface area contributed by atoms with E-state index in [2.05, 4.69) is 37.3 Å². The van der Waals surface area contributed by atoms with E-state index >= 15 is 0 Å². The zero-order valence-electron chi connectivity index (χ0n) is 12.7. The second-order valence-corrected chi connectivity index (χ2v) is 5.77. The number of thioether (sulfide) groups is 1. The second kappa shape index (κ2) is 6.19. The first-order valence-corrected chi connectivity index (χ1v) is 8.11. The Bertz CT molecular complexity index is 786. The molecule has 3 rings (SSSR count). The molecule has 6 heteroatoms. The number of benzene rings is 1. The summed E-state index contributed by atoms with van der Waals surface area (Å²) < 4.78 is 0. The largest absolute Gasteiger partial charge is 0.378 e. The molecule has 0 radical (unpaired) electrons. The average Bonchev–Trinajstić information content (AvgIpc) is 2.55. The fourth-order valence-electron chi connectivity index (χ4n) is 2.11. The van der Waals surface area contributed by atoms with E-state index in [-0.39, 0.29) is 0 Å². The Labute approximate surface area is 133 Å². The van der Waals surface area contributed by atoms with Crippen LogP contribution in [0.5, 0.6) is 0 Å². The lowest BCUT2D eigenvalue weighted by molar-refractivity contribution is 0.996. The third-order valence-corrected chi connectivity index (χ3v) is 3.83. The van der Waals surface area contributed by atoms with Crippen LogP contribution in [0.2, 0.25) is 0 Å². The lowest BCUT2D eigenvalue weighted by atomic mass is 10.2. The minimum absolute atomic E-state index is 0.703. The van der Waals surface area contributed by atoms with E-state index in [0.717, 1.165) is 22.6 Å². The lowest BCUT2D eigenvalue weighted by Crippen LogP contribution is -2.08. The van der Waals surface area contributed by atoms with Gasteiger partial charge in [0.1, 0.15) is 5.82 Å². The van der Waals surface area contributed by atoms with Crippen molar-refractivity contribution >= 4 is 40.0 Å². The maximum absolute atomic E-state index is 4.56. The smallest absolute Gasteiger partial charge is 0.191 e. The summed E-state index contributed by atoms with van der Waals surface area (Å²) >= 11 is 1.51. The Hall–Kier alpha value is -2.34. The molecule has 2 aromatic heterocycles. The van der Waals surface area contributed by atoms with Crippen LogP contribution < -0.4 is 10.2 Å². The molecule has 1 N–H and O–H groups in total. The Morgan fingerprint density at radius 1 is 1.05 bits per heavy atom. The minimum atomic E-state index is 0.703. The molecule has 2 heterocycles. The molecule has 0 fully saturated rings. The summed E-state index contributed by atoms with van der Waals surface area (Å²) in [5, 5.41) is 4.99. The first-order valence-electron chi connectivity index (χ1n) is 6.88. The molecule has 0 aliphatic carbocycles. The highest BCUT2D eigenvalue weighted by Gasteiger charge is 2.08. The molecule has 0 aliphatic heterocycles. The lowest BCUT2D eigenvalue weighted by Gasteiger charge is -2.14. The van der Waals surface area contributed by atoms with E-state index in [0.29, 0.717) is 10.8 Å². The topological polar surface area (TPSA) is 53.9 Å². The normalized spacial score (nSPS) is 10.7. The van der Waals surface area contributed by atoms with Crippen molar-refractivity contribution in [2.45, 2.75) is 5.16 Å². The van der Waals surface area contributed by atoms with E-state index < -0.39 is 0 Å². The highest BCUT2D eigenvalue weighted by atomic mass is 32.2. The fraction of sp³-hybridized carbons (Fsp3) is 0.188. The summed E-state index contributed by atoms with van der Waals surface area (Å²) in [6.45, 7) is 0. The monoisotopic (exact) mass is 311 g/mol. The van der Waals surface area contributed by atoms with Crippen LogP contribution in [0.25, 0.3) is 11.0 Å². The summed E-state index contributed by atoms with van der Waals surface area (Å²) in [6, 6.07) is 12.1. The predicted octanol–water partition coefficient (Wildman–Crippen LogP) is 3.56. The molecule has 3 aromatic rings. The molecule has 112 valence electrons. The molecular formula is C16H17N5S. The van der Waals surface area contributed by atoms with Crippen LogP contribution in [0.15, 0.2) is 47.8 Å². The quantitative estimate of drug-likeness (QED) is 0.587. The molecule has 0 aliphatic rings. The van der Waals surface area contributed by atoms with Gasteiger partial charge < -0.3 is 10.2 Å². The van der Waals surface area contributed by atoms with Crippen LogP contribution in [0.4, 0.5) is 17.2 Å². The number of nitrogens with one attached hydrogen (secondary N) is 1. The fourth-order valence-corrected chi connectivity index (χ4v) is 2.47. The molecule has 0 unspecified atom stereocenters. The van der Waals surface area contributed by atoms with Crippen molar-refractivity contribution in [2.75, 3.05) is 30.6 Å². The molecule has 1 aromatic carbocycles. The SMILES string of the molecule is CSc1nc(Nc2ccc(N(C)C)cc2)c2cccnc2n1. The summed E-state index contributed by atoms with van der Waals surface area (Å²) in [5.41, 5.74) is 2.85. The molecular weight excluding hydrogens is 294 g/mol. The summed E-state index contributed by atoms with van der Waals surface area (Å²) in [7, 11) is 4.05. The average molecular weight is 311 g/mol. The third-order valence-electron chi connectivity index (χ3n) is 3.28. The van der Waals surface area contributed by atoms with Crippen LogP contribution in [0.3, 0.4) is 0 Å². The summed E-state index contributed by atoms with van der Waals surface area (Å²) in [6.07, 6.45) is 3.70. The van der Waals surface area contributed by atoms with Crippen LogP contribution in [0.1, 0.15) is 0 Å². The van der Waals surface area contributed by atoms with Crippen LogP contribution in [-0.4, -0.2) is 35.3 Å². The highest BCUT2D eigenvalue weighted by molar-refractivity contribution is 7.98. The van der Waals surface area contributed by atoms with E-state index in [1.807, 2.05) is 44.6 Å². The van der Waals surface area contributed by atoms with Crippen molar-refractivity contribution in [1.29, 1.82) is 0 Å². The van der Waals surface area contributed by atoms with Gasteiger partial charge in [-0.2, -0.15) is 0 Å². The Morgan fingerprint density at radius 2 is 1.82 bits per heavy atom. The number of hydrogen-bond acceptors (Lipinski definition) is 6. The van der Waals surface area contributed by atoms with Crippen LogP contribution in [-0.2, 0) is 0 Å². The van der Waals surface area contributed by atoms with Gasteiger partial charge in [0.05, 0.1) is 5.39 Å². The van der Waals surface area contributed by atoms with Gasteiger partial charge >= 0.3 is 0 Å². The van der Waals surface area contributed by atoms with E-state index in [4.69, 9.17) is 0 Å². The predicted molar refractivity (Wildman–Crippen MR) is 93.2 cm³/mol. The Kier molecular flexibility index (Phi) is 4.11. The summed E-state index contributed by atoms with van der Waals surface area (Å²) in [4.78, 5) is 15.4. The van der Waals surface area contributed by atoms with Gasteiger partial charge in [-0.3, -0.25) is 0 Å². The molecule has 0 spiro atoms. The number of rotatable bonds is 4. The maximum atomic E-state index is 4.56. The van der Waals surface area contributed by atoms with Crippen LogP contribution in [0, 0.1) is 0 Å². The van der Waals surface area contributed by atoms with Gasteiger partial charge in [0.15, 0.2) is 10.8 Å². The van der Waals surface area contributed by atoms with Gasteiger partial charge in [-0.25, -0.2) is 15.0 Å². The van der Waals surface area contributed by atoms with Crippen LogP contribution >= 0.6 is 11.8 Å². The molecule has 5 nitrogen and oxygen atoms in total. The summed E-state index contributed by atoms with van der Waals surface area (Å²) in [5.74, 6) is 0.778. The number of nitrogens with zero attached hydrogens (tertiary/aromatic N) is 4. The minimum Gasteiger partial charge on any atom is -0.378 e. The van der Waals surface area contributed by atoms with E-state index in [1.54, 1.807) is 6.20 Å². The molecule has 0 saturated heterocycles. The highest BCUT2D eigenvalue weighted by Crippen LogP contribution is 2.26. The second-order valence-electron chi connectivity index (χ2n) is 5.00. The first kappa shape index (κ1) is 14.6. The van der Waals surface area contributed by atoms with Crippen molar-refractivity contribution in [2.24, 2.45) is 0 Å². The van der Waals surface area contributed by atoms with Crippen molar-refractivity contribution in [3.8, 4) is 0 Å². The van der Waals surface area contributed by atoms with Gasteiger partial charge in [0, 0.05) is 31.7 Å². The van der Waals surface area contributed by atoms with Crippen molar-refractivity contribution < 1.29 is 0 Å². The van der Waals surface area contributed by atoms with Gasteiger partial charge in [-0.05, 0) is 42.7 Å². The molecule has 0 amide bonds. The number of hydrogen-bond donors (Lipinski definition) is 1. The number of pyridine rings is 1. The van der Waals surface area contributed by atoms with E-state index in [1.165, 1.54) is 11.8 Å². The first-order chi connectivity index (χ1) is 10.7. The Balaban J connectivity index is 1.99. The Morgan fingerprint density at radius 3 is 2.50 bits per heavy atom. The number of fused-ring (bicyclic) bond motifs is 1.